The van der Waals surface area contributed by atoms with E-state index < -0.39 is 17.9 Å². The Morgan fingerprint density at radius 3 is 2.20 bits per heavy atom. The summed E-state index contributed by atoms with van der Waals surface area (Å²) in [6, 6.07) is 26.9. The molecule has 0 aromatic heterocycles. The van der Waals surface area contributed by atoms with Crippen molar-refractivity contribution >= 4 is 41.0 Å². The van der Waals surface area contributed by atoms with Crippen LogP contribution in [0.1, 0.15) is 75.3 Å². The highest BCUT2D eigenvalue weighted by molar-refractivity contribution is 7.99. The molecule has 3 aliphatic rings. The summed E-state index contributed by atoms with van der Waals surface area (Å²) in [4.78, 5) is 60.5. The number of rotatable bonds is 15. The molecule has 6 rings (SSSR count). The van der Waals surface area contributed by atoms with Crippen LogP contribution in [0, 0.1) is 17.8 Å². The largest absolute Gasteiger partial charge is 0.495 e. The van der Waals surface area contributed by atoms with E-state index in [1.54, 1.807) is 23.8 Å². The second-order valence-electron chi connectivity index (χ2n) is 15.0. The zero-order chi connectivity index (χ0) is 37.9. The lowest BCUT2D eigenvalue weighted by Gasteiger charge is -2.40. The Bertz CT molecular complexity index is 1740. The summed E-state index contributed by atoms with van der Waals surface area (Å²) in [5, 5.41) is 3.31. The number of piperidine rings is 1. The molecule has 1 N–H and O–H groups in total. The van der Waals surface area contributed by atoms with E-state index in [1.165, 1.54) is 0 Å². The molecule has 0 unspecified atom stereocenters. The van der Waals surface area contributed by atoms with Gasteiger partial charge < -0.3 is 19.9 Å². The summed E-state index contributed by atoms with van der Waals surface area (Å²) in [6.45, 7) is 4.60. The maximum absolute atomic E-state index is 14.4. The topological polar surface area (TPSA) is 96.0 Å². The molecular formula is C45H55N3O5S. The summed E-state index contributed by atoms with van der Waals surface area (Å²) in [5.41, 5.74) is 2.83. The van der Waals surface area contributed by atoms with E-state index in [-0.39, 0.29) is 47.3 Å². The molecule has 286 valence electrons. The van der Waals surface area contributed by atoms with Crippen LogP contribution in [0.15, 0.2) is 97.6 Å². The third-order valence-electron chi connectivity index (χ3n) is 11.4. The number of ketones is 1. The predicted molar refractivity (Wildman–Crippen MR) is 216 cm³/mol. The second-order valence-corrected chi connectivity index (χ2v) is 16.3. The fourth-order valence-corrected chi connectivity index (χ4v) is 9.85. The van der Waals surface area contributed by atoms with Crippen molar-refractivity contribution in [1.29, 1.82) is 0 Å². The number of para-hydroxylation sites is 2. The van der Waals surface area contributed by atoms with E-state index >= 15 is 0 Å². The number of benzene rings is 3. The van der Waals surface area contributed by atoms with Crippen LogP contribution in [0.25, 0.3) is 0 Å². The Labute approximate surface area is 325 Å². The van der Waals surface area contributed by atoms with Crippen molar-refractivity contribution in [3.63, 3.8) is 0 Å². The predicted octanol–water partition coefficient (Wildman–Crippen LogP) is 7.80. The van der Waals surface area contributed by atoms with E-state index in [9.17, 15) is 19.2 Å². The smallest absolute Gasteiger partial charge is 0.246 e. The number of anilines is 1. The highest BCUT2D eigenvalue weighted by atomic mass is 32.2. The Morgan fingerprint density at radius 2 is 1.50 bits per heavy atom. The van der Waals surface area contributed by atoms with Crippen molar-refractivity contribution in [2.45, 2.75) is 94.5 Å². The van der Waals surface area contributed by atoms with Crippen molar-refractivity contribution in [2.24, 2.45) is 17.8 Å². The molecular weight excluding hydrogens is 695 g/mol. The highest BCUT2D eigenvalue weighted by Gasteiger charge is 2.40. The average Bonchev–Trinajstić information content (AvgIpc) is 3.48. The molecule has 0 spiro atoms. The minimum absolute atomic E-state index is 0.0197. The van der Waals surface area contributed by atoms with Crippen LogP contribution in [0.3, 0.4) is 0 Å². The van der Waals surface area contributed by atoms with E-state index in [2.05, 4.69) is 11.9 Å². The van der Waals surface area contributed by atoms with Crippen LogP contribution in [-0.2, 0) is 32.0 Å². The van der Waals surface area contributed by atoms with Gasteiger partial charge in [-0.3, -0.25) is 19.2 Å². The molecule has 0 aliphatic carbocycles. The number of carbonyl (C=O) groups is 4. The van der Waals surface area contributed by atoms with Crippen molar-refractivity contribution < 1.29 is 23.9 Å². The lowest BCUT2D eigenvalue weighted by atomic mass is 9.82. The fraction of sp³-hybridized carbons (Fsp3) is 0.467. The van der Waals surface area contributed by atoms with Gasteiger partial charge in [0.15, 0.2) is 0 Å². The molecule has 3 amide bonds. The Balaban J connectivity index is 1.20. The maximum atomic E-state index is 14.4. The molecule has 3 heterocycles. The maximum Gasteiger partial charge on any atom is 0.246 e. The number of amides is 3. The normalized spacial score (nSPS) is 23.0. The summed E-state index contributed by atoms with van der Waals surface area (Å²) < 4.78 is 5.60. The Hall–Kier alpha value is -4.37. The van der Waals surface area contributed by atoms with Crippen LogP contribution < -0.4 is 15.0 Å². The first kappa shape index (κ1) is 39.3. The average molecular weight is 750 g/mol. The molecule has 54 heavy (non-hydrogen) atoms. The highest BCUT2D eigenvalue weighted by Crippen LogP contribution is 2.36. The fourth-order valence-electron chi connectivity index (χ4n) is 8.45. The van der Waals surface area contributed by atoms with Crippen molar-refractivity contribution in [3.8, 4) is 5.75 Å². The van der Waals surface area contributed by atoms with Gasteiger partial charge in [0, 0.05) is 30.7 Å². The number of hydrogen-bond donors (Lipinski definition) is 1. The molecule has 3 fully saturated rings. The van der Waals surface area contributed by atoms with Gasteiger partial charge in [-0.05, 0) is 93.2 Å². The zero-order valence-corrected chi connectivity index (χ0v) is 32.4. The summed E-state index contributed by atoms with van der Waals surface area (Å²) in [6.07, 6.45) is 9.92. The van der Waals surface area contributed by atoms with Crippen molar-refractivity contribution in [1.82, 2.24) is 10.2 Å². The number of ether oxygens (including phenoxy) is 1. The molecule has 3 aliphatic heterocycles. The third kappa shape index (κ3) is 9.83. The minimum atomic E-state index is -0.594. The molecule has 3 aromatic carbocycles. The van der Waals surface area contributed by atoms with Gasteiger partial charge in [0.05, 0.1) is 24.2 Å². The van der Waals surface area contributed by atoms with E-state index in [0.717, 1.165) is 54.7 Å². The van der Waals surface area contributed by atoms with Gasteiger partial charge in [-0.1, -0.05) is 85.3 Å². The van der Waals surface area contributed by atoms with Crippen LogP contribution in [-0.4, -0.2) is 65.3 Å². The van der Waals surface area contributed by atoms with Gasteiger partial charge in [0.25, 0.3) is 0 Å². The summed E-state index contributed by atoms with van der Waals surface area (Å²) in [5.74, 6) is 0.0625. The summed E-state index contributed by atoms with van der Waals surface area (Å²) in [7, 11) is 1.61. The van der Waals surface area contributed by atoms with Gasteiger partial charge in [-0.25, -0.2) is 0 Å². The summed E-state index contributed by atoms with van der Waals surface area (Å²) >= 11 is 1.80. The van der Waals surface area contributed by atoms with E-state index in [1.807, 2.05) is 95.9 Å². The van der Waals surface area contributed by atoms with E-state index in [4.69, 9.17) is 4.74 Å². The molecule has 8 nitrogen and oxygen atoms in total. The SMILES string of the molecule is C=C[C@@H]1CCC[C@@H]2SCC[C@H](NC(=O)[C@H](CC[C@H](Cc3ccccc3)C(=O)C[C@H]3CCCCN(c4ccccc4OC)C3=O)Cc3ccccc3)C(=O)N12. The standard InChI is InChI=1S/C45H55N3O5S/c1-3-37-20-14-23-42-48(37)45(52)38(26-28-54-42)46-43(50)35(30-33-17-8-5-9-18-33)25-24-34(29-32-15-6-4-7-16-32)40(49)31-36-19-12-13-27-47(44(36)51)39-21-10-11-22-41(39)53-2/h3-11,15-18,21-22,34-38,42H,1,12-14,19-20,23-31H2,2H3,(H,46,50)/t34-,35-,36-,37-,38+,42+/m1/s1. The number of hydrogen-bond acceptors (Lipinski definition) is 6. The van der Waals surface area contributed by atoms with Gasteiger partial charge in [0.1, 0.15) is 17.6 Å². The number of methoxy groups -OCH3 is 1. The molecule has 3 saturated heterocycles. The minimum Gasteiger partial charge on any atom is -0.495 e. The zero-order valence-electron chi connectivity index (χ0n) is 31.6. The second kappa shape index (κ2) is 19.3. The number of fused-ring (bicyclic) bond motifs is 1. The van der Waals surface area contributed by atoms with Crippen LogP contribution in [0.2, 0.25) is 0 Å². The first-order valence-electron chi connectivity index (χ1n) is 19.8. The Morgan fingerprint density at radius 1 is 0.833 bits per heavy atom. The lowest BCUT2D eigenvalue weighted by molar-refractivity contribution is -0.140. The molecule has 0 radical (unpaired) electrons. The molecule has 6 atom stereocenters. The first-order valence-corrected chi connectivity index (χ1v) is 20.8. The van der Waals surface area contributed by atoms with Crippen LogP contribution >= 0.6 is 11.8 Å². The quantitative estimate of drug-likeness (QED) is 0.160. The third-order valence-corrected chi connectivity index (χ3v) is 12.8. The number of thioether (sulfide) groups is 1. The number of nitrogens with zero attached hydrogens (tertiary/aromatic N) is 2. The molecule has 9 heteroatoms. The van der Waals surface area contributed by atoms with Gasteiger partial charge in [-0.15, -0.1) is 18.3 Å². The van der Waals surface area contributed by atoms with Gasteiger partial charge in [-0.2, -0.15) is 0 Å². The van der Waals surface area contributed by atoms with Gasteiger partial charge >= 0.3 is 0 Å². The molecule has 3 aromatic rings. The molecule has 0 saturated carbocycles. The number of nitrogens with one attached hydrogen (secondary N) is 1. The lowest BCUT2D eigenvalue weighted by Crippen LogP contribution is -2.55. The number of carbonyl (C=O) groups excluding carboxylic acids is 4. The van der Waals surface area contributed by atoms with Crippen LogP contribution in [0.4, 0.5) is 5.69 Å². The first-order chi connectivity index (χ1) is 26.4. The van der Waals surface area contributed by atoms with Crippen molar-refractivity contribution in [2.75, 3.05) is 24.3 Å². The van der Waals surface area contributed by atoms with E-state index in [0.29, 0.717) is 50.8 Å². The van der Waals surface area contributed by atoms with Crippen molar-refractivity contribution in [3.05, 3.63) is 109 Å². The van der Waals surface area contributed by atoms with Gasteiger partial charge in [0.2, 0.25) is 17.7 Å². The monoisotopic (exact) mass is 749 g/mol. The van der Waals surface area contributed by atoms with Crippen LogP contribution in [0.5, 0.6) is 5.75 Å². The molecule has 0 bridgehead atoms. The Kier molecular flexibility index (Phi) is 14.0. The number of Topliss-reactive ketones (excluding diaryl/α,β-unsaturated/α-hetero) is 1.